The Bertz CT molecular complexity index is 375. The van der Waals surface area contributed by atoms with Crippen LogP contribution in [0.15, 0.2) is 30.3 Å². The van der Waals surface area contributed by atoms with E-state index in [-0.39, 0.29) is 18.0 Å². The van der Waals surface area contributed by atoms with Crippen molar-refractivity contribution in [3.63, 3.8) is 0 Å². The average molecular weight is 218 g/mol. The second kappa shape index (κ2) is 4.26. The average Bonchev–Trinajstić information content (AvgIpc) is 2.56. The first-order chi connectivity index (χ1) is 7.61. The molecule has 0 aromatic heterocycles. The molecular formula is C13H18N2O. The van der Waals surface area contributed by atoms with Crippen LogP contribution in [0.25, 0.3) is 0 Å². The number of nitrogens with zero attached hydrogens (tertiary/aromatic N) is 2. The number of anilines is 1. The minimum atomic E-state index is 0.0233. The van der Waals surface area contributed by atoms with Crippen molar-refractivity contribution in [2.75, 3.05) is 19.0 Å². The Balaban J connectivity index is 2.27. The Morgan fingerprint density at radius 2 is 1.88 bits per heavy atom. The molecule has 0 saturated carbocycles. The fourth-order valence-electron chi connectivity index (χ4n) is 2.31. The van der Waals surface area contributed by atoms with E-state index in [0.29, 0.717) is 0 Å². The minimum absolute atomic E-state index is 0.0233. The van der Waals surface area contributed by atoms with Gasteiger partial charge in [0.05, 0.1) is 6.04 Å². The van der Waals surface area contributed by atoms with E-state index in [9.17, 15) is 4.79 Å². The molecular weight excluding hydrogens is 200 g/mol. The van der Waals surface area contributed by atoms with Crippen molar-refractivity contribution in [3.8, 4) is 0 Å². The van der Waals surface area contributed by atoms with Gasteiger partial charge < -0.3 is 4.90 Å². The zero-order valence-electron chi connectivity index (χ0n) is 10.1. The summed E-state index contributed by atoms with van der Waals surface area (Å²) < 4.78 is 0. The van der Waals surface area contributed by atoms with E-state index >= 15 is 0 Å². The molecule has 1 heterocycles. The highest BCUT2D eigenvalue weighted by atomic mass is 16.2. The van der Waals surface area contributed by atoms with Gasteiger partial charge in [-0.3, -0.25) is 9.69 Å². The Hall–Kier alpha value is -1.35. The fourth-order valence-corrected chi connectivity index (χ4v) is 2.31. The van der Waals surface area contributed by atoms with Crippen LogP contribution in [0.4, 0.5) is 5.69 Å². The highest BCUT2D eigenvalue weighted by molar-refractivity contribution is 6.00. The second-order valence-corrected chi connectivity index (χ2v) is 4.61. The van der Waals surface area contributed by atoms with E-state index in [0.717, 1.165) is 12.1 Å². The molecule has 0 bridgehead atoms. The summed E-state index contributed by atoms with van der Waals surface area (Å²) in [6.07, 6.45) is 0.903. The van der Waals surface area contributed by atoms with Gasteiger partial charge >= 0.3 is 0 Å². The van der Waals surface area contributed by atoms with Crippen LogP contribution in [0.5, 0.6) is 0 Å². The largest absolute Gasteiger partial charge is 0.308 e. The van der Waals surface area contributed by atoms with E-state index in [1.807, 2.05) is 54.2 Å². The number of rotatable bonds is 2. The molecule has 2 rings (SSSR count). The van der Waals surface area contributed by atoms with E-state index in [1.165, 1.54) is 0 Å². The van der Waals surface area contributed by atoms with Crippen molar-refractivity contribution in [1.29, 1.82) is 0 Å². The first kappa shape index (κ1) is 11.1. The predicted octanol–water partition coefficient (Wildman–Crippen LogP) is 1.74. The van der Waals surface area contributed by atoms with E-state index < -0.39 is 0 Å². The van der Waals surface area contributed by atoms with Gasteiger partial charge in [0, 0.05) is 11.7 Å². The van der Waals surface area contributed by atoms with Gasteiger partial charge in [-0.15, -0.1) is 0 Å². The molecule has 16 heavy (non-hydrogen) atoms. The maximum atomic E-state index is 12.2. The number of amides is 1. The van der Waals surface area contributed by atoms with Crippen LogP contribution < -0.4 is 4.90 Å². The van der Waals surface area contributed by atoms with Crippen molar-refractivity contribution in [3.05, 3.63) is 30.3 Å². The second-order valence-electron chi connectivity index (χ2n) is 4.61. The molecule has 0 radical (unpaired) electrons. The molecule has 1 aromatic rings. The number of likely N-dealkylation sites (N-methyl/N-ethyl adjacent to an activating group) is 1. The van der Waals surface area contributed by atoms with Crippen molar-refractivity contribution < 1.29 is 4.79 Å². The van der Waals surface area contributed by atoms with E-state index in [1.54, 1.807) is 0 Å². The normalized spacial score (nSPS) is 25.5. The topological polar surface area (TPSA) is 23.6 Å². The zero-order chi connectivity index (χ0) is 11.7. The third-order valence-electron chi connectivity index (χ3n) is 3.19. The summed E-state index contributed by atoms with van der Waals surface area (Å²) in [5, 5.41) is 0. The van der Waals surface area contributed by atoms with Crippen molar-refractivity contribution >= 4 is 11.6 Å². The van der Waals surface area contributed by atoms with Crippen LogP contribution in [-0.2, 0) is 4.79 Å². The lowest BCUT2D eigenvalue weighted by molar-refractivity contribution is -0.120. The van der Waals surface area contributed by atoms with Crippen molar-refractivity contribution in [2.45, 2.75) is 25.4 Å². The zero-order valence-corrected chi connectivity index (χ0v) is 10.1. The maximum Gasteiger partial charge on any atom is 0.244 e. The SMILES string of the molecule is C[C@@H]1C[C@H](N(C)C)C(=O)N1c1ccccc1. The van der Waals surface area contributed by atoms with Crippen LogP contribution in [-0.4, -0.2) is 37.0 Å². The molecule has 1 aromatic carbocycles. The summed E-state index contributed by atoms with van der Waals surface area (Å²) in [6, 6.07) is 10.2. The first-order valence-electron chi connectivity index (χ1n) is 5.66. The Morgan fingerprint density at radius 3 is 2.38 bits per heavy atom. The summed E-state index contributed by atoms with van der Waals surface area (Å²) in [7, 11) is 3.92. The van der Waals surface area contributed by atoms with Gasteiger partial charge in [-0.1, -0.05) is 18.2 Å². The lowest BCUT2D eigenvalue weighted by atomic mass is 10.2. The molecule has 1 aliphatic rings. The highest BCUT2D eigenvalue weighted by Gasteiger charge is 2.38. The van der Waals surface area contributed by atoms with E-state index in [4.69, 9.17) is 0 Å². The van der Waals surface area contributed by atoms with E-state index in [2.05, 4.69) is 6.92 Å². The van der Waals surface area contributed by atoms with Gasteiger partial charge in [-0.25, -0.2) is 0 Å². The summed E-state index contributed by atoms with van der Waals surface area (Å²) in [4.78, 5) is 16.2. The third kappa shape index (κ3) is 1.83. The lowest BCUT2D eigenvalue weighted by Crippen LogP contribution is -2.38. The van der Waals surface area contributed by atoms with Gasteiger partial charge in [0.1, 0.15) is 0 Å². The molecule has 3 nitrogen and oxygen atoms in total. The standard InChI is InChI=1S/C13H18N2O/c1-10-9-12(14(2)3)13(16)15(10)11-7-5-4-6-8-11/h4-8,10,12H,9H2,1-3H3/t10-,12+/m1/s1. The number of hydrogen-bond donors (Lipinski definition) is 0. The number of para-hydroxylation sites is 1. The van der Waals surface area contributed by atoms with Crippen LogP contribution in [0.2, 0.25) is 0 Å². The van der Waals surface area contributed by atoms with Crippen LogP contribution in [0.3, 0.4) is 0 Å². The van der Waals surface area contributed by atoms with Crippen LogP contribution in [0, 0.1) is 0 Å². The highest BCUT2D eigenvalue weighted by Crippen LogP contribution is 2.27. The predicted molar refractivity (Wildman–Crippen MR) is 65.5 cm³/mol. The molecule has 1 fully saturated rings. The monoisotopic (exact) mass is 218 g/mol. The van der Waals surface area contributed by atoms with Gasteiger partial charge in [0.25, 0.3) is 0 Å². The number of carbonyl (C=O) groups excluding carboxylic acids is 1. The lowest BCUT2D eigenvalue weighted by Gasteiger charge is -2.22. The molecule has 1 saturated heterocycles. The smallest absolute Gasteiger partial charge is 0.244 e. The number of benzene rings is 1. The Kier molecular flexibility index (Phi) is 2.97. The van der Waals surface area contributed by atoms with Crippen molar-refractivity contribution in [2.24, 2.45) is 0 Å². The fraction of sp³-hybridized carbons (Fsp3) is 0.462. The van der Waals surface area contributed by atoms with Gasteiger partial charge in [0.2, 0.25) is 5.91 Å². The molecule has 0 spiro atoms. The molecule has 2 atom stereocenters. The number of carbonyl (C=O) groups is 1. The summed E-state index contributed by atoms with van der Waals surface area (Å²) >= 11 is 0. The maximum absolute atomic E-state index is 12.2. The third-order valence-corrected chi connectivity index (χ3v) is 3.19. The molecule has 0 unspecified atom stereocenters. The number of hydrogen-bond acceptors (Lipinski definition) is 2. The minimum Gasteiger partial charge on any atom is -0.308 e. The quantitative estimate of drug-likeness (QED) is 0.755. The molecule has 3 heteroatoms. The summed E-state index contributed by atoms with van der Waals surface area (Å²) in [6.45, 7) is 2.11. The van der Waals surface area contributed by atoms with Crippen LogP contribution in [0.1, 0.15) is 13.3 Å². The molecule has 0 aliphatic carbocycles. The molecule has 86 valence electrons. The first-order valence-corrected chi connectivity index (χ1v) is 5.66. The van der Waals surface area contributed by atoms with Gasteiger partial charge in [-0.2, -0.15) is 0 Å². The Morgan fingerprint density at radius 1 is 1.25 bits per heavy atom. The van der Waals surface area contributed by atoms with Crippen molar-refractivity contribution in [1.82, 2.24) is 4.90 Å². The van der Waals surface area contributed by atoms with Gasteiger partial charge in [0.15, 0.2) is 0 Å². The van der Waals surface area contributed by atoms with Crippen LogP contribution >= 0.6 is 0 Å². The Labute approximate surface area is 96.7 Å². The molecule has 1 aliphatic heterocycles. The van der Waals surface area contributed by atoms with Gasteiger partial charge in [-0.05, 0) is 39.6 Å². The molecule has 1 amide bonds. The summed E-state index contributed by atoms with van der Waals surface area (Å²) in [5.74, 6) is 0.212. The summed E-state index contributed by atoms with van der Waals surface area (Å²) in [5.41, 5.74) is 1.00. The molecule has 0 N–H and O–H groups in total.